The maximum absolute atomic E-state index is 5.31. The first kappa shape index (κ1) is 8.11. The van der Waals surface area contributed by atoms with Gasteiger partial charge in [0.15, 0.2) is 5.76 Å². The van der Waals surface area contributed by atoms with Crippen molar-refractivity contribution in [3.05, 3.63) is 49.3 Å². The number of aromatic nitrogens is 2. The molecular formula is C11H8N2O2. The van der Waals surface area contributed by atoms with Crippen LogP contribution < -0.4 is 0 Å². The summed E-state index contributed by atoms with van der Waals surface area (Å²) in [4.78, 5) is 4.08. The average molecular weight is 200 g/mol. The van der Waals surface area contributed by atoms with E-state index in [1.54, 1.807) is 25.1 Å². The van der Waals surface area contributed by atoms with Crippen LogP contribution in [0.2, 0.25) is 0 Å². The molecule has 0 aliphatic carbocycles. The van der Waals surface area contributed by atoms with Crippen molar-refractivity contribution >= 4 is 0 Å². The molecule has 0 saturated carbocycles. The largest absolute Gasteiger partial charge is 0.463 e. The Morgan fingerprint density at radius 2 is 1.93 bits per heavy atom. The normalized spacial score (nSPS) is 10.7. The summed E-state index contributed by atoms with van der Waals surface area (Å²) in [5, 5.41) is 0. The molecule has 0 aliphatic rings. The Morgan fingerprint density at radius 3 is 2.67 bits per heavy atom. The molecule has 0 spiro atoms. The van der Waals surface area contributed by atoms with Gasteiger partial charge in [-0.2, -0.15) is 0 Å². The molecular weight excluding hydrogens is 192 g/mol. The minimum absolute atomic E-state index is 0.721. The van der Waals surface area contributed by atoms with Gasteiger partial charge in [0.05, 0.1) is 18.7 Å². The van der Waals surface area contributed by atoms with Crippen LogP contribution in [0.3, 0.4) is 0 Å². The van der Waals surface area contributed by atoms with Crippen LogP contribution in [-0.2, 0) is 0 Å². The molecule has 3 rings (SSSR count). The quantitative estimate of drug-likeness (QED) is 0.638. The molecule has 3 aromatic rings. The highest BCUT2D eigenvalue weighted by Crippen LogP contribution is 2.22. The molecule has 0 N–H and O–H groups in total. The van der Waals surface area contributed by atoms with Gasteiger partial charge < -0.3 is 8.83 Å². The van der Waals surface area contributed by atoms with Crippen molar-refractivity contribution in [1.82, 2.24) is 9.55 Å². The fraction of sp³-hybridized carbons (Fsp3) is 0. The highest BCUT2D eigenvalue weighted by Gasteiger charge is 2.10. The number of rotatable bonds is 2. The minimum Gasteiger partial charge on any atom is -0.463 e. The lowest BCUT2D eigenvalue weighted by Crippen LogP contribution is -1.91. The predicted octanol–water partition coefficient (Wildman–Crippen LogP) is 2.73. The van der Waals surface area contributed by atoms with Gasteiger partial charge in [0.2, 0.25) is 5.88 Å². The summed E-state index contributed by atoms with van der Waals surface area (Å²) >= 11 is 0. The summed E-state index contributed by atoms with van der Waals surface area (Å²) in [5.74, 6) is 1.49. The molecule has 4 nitrogen and oxygen atoms in total. The van der Waals surface area contributed by atoms with Gasteiger partial charge in [-0.3, -0.25) is 4.57 Å². The lowest BCUT2D eigenvalue weighted by molar-refractivity contribution is 0.533. The van der Waals surface area contributed by atoms with E-state index in [1.807, 2.05) is 28.8 Å². The van der Waals surface area contributed by atoms with Gasteiger partial charge in [-0.1, -0.05) is 0 Å². The van der Waals surface area contributed by atoms with Crippen molar-refractivity contribution in [2.45, 2.75) is 0 Å². The average Bonchev–Trinajstić information content (AvgIpc) is 3.01. The first-order valence-electron chi connectivity index (χ1n) is 4.55. The number of hydrogen-bond donors (Lipinski definition) is 0. The van der Waals surface area contributed by atoms with Crippen LogP contribution in [0, 0.1) is 0 Å². The Hall–Kier alpha value is -2.23. The molecule has 0 aliphatic heterocycles. The lowest BCUT2D eigenvalue weighted by Gasteiger charge is -2.00. The molecule has 0 atom stereocenters. The zero-order valence-corrected chi connectivity index (χ0v) is 7.83. The van der Waals surface area contributed by atoms with Gasteiger partial charge in [-0.05, 0) is 18.2 Å². The third-order valence-electron chi connectivity index (χ3n) is 2.16. The Labute approximate surface area is 85.8 Å². The number of furan rings is 2. The summed E-state index contributed by atoms with van der Waals surface area (Å²) in [6, 6.07) is 7.43. The maximum atomic E-state index is 5.31. The van der Waals surface area contributed by atoms with Crippen molar-refractivity contribution in [2.75, 3.05) is 0 Å². The number of hydrogen-bond acceptors (Lipinski definition) is 3. The highest BCUT2D eigenvalue weighted by atomic mass is 16.3. The van der Waals surface area contributed by atoms with Gasteiger partial charge in [-0.15, -0.1) is 0 Å². The monoisotopic (exact) mass is 200 g/mol. The Morgan fingerprint density at radius 1 is 1.07 bits per heavy atom. The molecule has 0 aromatic carbocycles. The van der Waals surface area contributed by atoms with Gasteiger partial charge in [-0.25, -0.2) is 4.98 Å². The van der Waals surface area contributed by atoms with Crippen LogP contribution in [-0.4, -0.2) is 9.55 Å². The Balaban J connectivity index is 2.15. The molecule has 74 valence electrons. The topological polar surface area (TPSA) is 44.1 Å². The van der Waals surface area contributed by atoms with Crippen molar-refractivity contribution < 1.29 is 8.83 Å². The fourth-order valence-corrected chi connectivity index (χ4v) is 1.48. The summed E-state index contributed by atoms with van der Waals surface area (Å²) in [6.45, 7) is 0. The van der Waals surface area contributed by atoms with Gasteiger partial charge in [0, 0.05) is 6.07 Å². The van der Waals surface area contributed by atoms with Crippen molar-refractivity contribution in [3.63, 3.8) is 0 Å². The smallest absolute Gasteiger partial charge is 0.205 e. The highest BCUT2D eigenvalue weighted by molar-refractivity contribution is 5.54. The van der Waals surface area contributed by atoms with E-state index >= 15 is 0 Å². The van der Waals surface area contributed by atoms with Crippen LogP contribution in [0.1, 0.15) is 0 Å². The molecule has 0 saturated heterocycles. The minimum atomic E-state index is 0.721. The second kappa shape index (κ2) is 3.16. The molecule has 0 fully saturated rings. The molecule has 0 radical (unpaired) electrons. The Bertz CT molecular complexity index is 486. The van der Waals surface area contributed by atoms with Gasteiger partial charge >= 0.3 is 0 Å². The molecule has 4 heteroatoms. The third-order valence-corrected chi connectivity index (χ3v) is 2.16. The van der Waals surface area contributed by atoms with Crippen LogP contribution in [0.5, 0.6) is 0 Å². The van der Waals surface area contributed by atoms with Crippen LogP contribution in [0.15, 0.2) is 58.2 Å². The summed E-state index contributed by atoms with van der Waals surface area (Å²) in [5.41, 5.74) is 0.870. The van der Waals surface area contributed by atoms with E-state index in [0.29, 0.717) is 0 Å². The second-order valence-electron chi connectivity index (χ2n) is 3.08. The van der Waals surface area contributed by atoms with Crippen molar-refractivity contribution in [2.24, 2.45) is 0 Å². The first-order valence-corrected chi connectivity index (χ1v) is 4.55. The number of nitrogens with zero attached hydrogens (tertiary/aromatic N) is 2. The van der Waals surface area contributed by atoms with Gasteiger partial charge in [0.25, 0.3) is 0 Å². The summed E-state index contributed by atoms with van der Waals surface area (Å²) < 4.78 is 12.4. The standard InChI is InChI=1S/C11H8N2O2/c1-3-10(14-5-1)9-7-12-8-13(9)11-4-2-6-15-11/h1-8H. The summed E-state index contributed by atoms with van der Waals surface area (Å²) in [6.07, 6.45) is 6.69. The van der Waals surface area contributed by atoms with E-state index in [0.717, 1.165) is 17.3 Å². The van der Waals surface area contributed by atoms with Crippen molar-refractivity contribution in [1.29, 1.82) is 0 Å². The molecule has 0 unspecified atom stereocenters. The summed E-state index contributed by atoms with van der Waals surface area (Å²) in [7, 11) is 0. The molecule has 3 aromatic heterocycles. The zero-order valence-electron chi connectivity index (χ0n) is 7.83. The molecule has 0 bridgehead atoms. The van der Waals surface area contributed by atoms with Crippen LogP contribution in [0.25, 0.3) is 17.3 Å². The van der Waals surface area contributed by atoms with E-state index in [4.69, 9.17) is 8.83 Å². The van der Waals surface area contributed by atoms with E-state index in [9.17, 15) is 0 Å². The molecule has 3 heterocycles. The van der Waals surface area contributed by atoms with Crippen molar-refractivity contribution in [3.8, 4) is 17.3 Å². The van der Waals surface area contributed by atoms with Crippen LogP contribution in [0.4, 0.5) is 0 Å². The van der Waals surface area contributed by atoms with E-state index in [2.05, 4.69) is 4.98 Å². The lowest BCUT2D eigenvalue weighted by atomic mass is 10.3. The predicted molar refractivity (Wildman–Crippen MR) is 53.5 cm³/mol. The molecule has 15 heavy (non-hydrogen) atoms. The zero-order chi connectivity index (χ0) is 10.1. The third kappa shape index (κ3) is 1.27. The number of imidazole rings is 1. The van der Waals surface area contributed by atoms with E-state index in [1.165, 1.54) is 0 Å². The van der Waals surface area contributed by atoms with Crippen LogP contribution >= 0.6 is 0 Å². The fourth-order valence-electron chi connectivity index (χ4n) is 1.48. The molecule has 0 amide bonds. The first-order chi connectivity index (χ1) is 7.45. The second-order valence-corrected chi connectivity index (χ2v) is 3.08. The maximum Gasteiger partial charge on any atom is 0.205 e. The SMILES string of the molecule is c1coc(-c2cncn2-c2ccco2)c1. The van der Waals surface area contributed by atoms with E-state index < -0.39 is 0 Å². The van der Waals surface area contributed by atoms with Gasteiger partial charge in [0.1, 0.15) is 12.0 Å². The Kier molecular flexibility index (Phi) is 1.71. The van der Waals surface area contributed by atoms with E-state index in [-0.39, 0.29) is 0 Å².